The molecule has 0 saturated heterocycles. The SMILES string of the molecule is CC1CC2CCCC(COc3cc(F)c(C#N)cc3Cl)(C1)C2. The summed E-state index contributed by atoms with van der Waals surface area (Å²) in [6, 6.07) is 4.38. The van der Waals surface area contributed by atoms with Crippen LogP contribution in [0.2, 0.25) is 5.02 Å². The minimum atomic E-state index is -0.571. The highest BCUT2D eigenvalue weighted by Crippen LogP contribution is 2.51. The zero-order valence-corrected chi connectivity index (χ0v) is 13.6. The van der Waals surface area contributed by atoms with Gasteiger partial charge in [0.25, 0.3) is 0 Å². The van der Waals surface area contributed by atoms with Gasteiger partial charge in [-0.1, -0.05) is 31.4 Å². The van der Waals surface area contributed by atoms with Gasteiger partial charge in [0.1, 0.15) is 17.6 Å². The van der Waals surface area contributed by atoms with Crippen molar-refractivity contribution in [3.63, 3.8) is 0 Å². The van der Waals surface area contributed by atoms with E-state index in [0.717, 1.165) is 11.8 Å². The lowest BCUT2D eigenvalue weighted by Crippen LogP contribution is -2.40. The smallest absolute Gasteiger partial charge is 0.144 e. The molecule has 2 saturated carbocycles. The number of rotatable bonds is 3. The fraction of sp³-hybridized carbons (Fsp3) is 0.611. The summed E-state index contributed by atoms with van der Waals surface area (Å²) in [5.41, 5.74) is 0.174. The summed E-state index contributed by atoms with van der Waals surface area (Å²) in [6.07, 6.45) is 7.50. The highest BCUT2D eigenvalue weighted by Gasteiger charge is 2.42. The van der Waals surface area contributed by atoms with E-state index in [1.165, 1.54) is 50.7 Å². The number of nitriles is 1. The number of nitrogens with zero attached hydrogens (tertiary/aromatic N) is 1. The van der Waals surface area contributed by atoms with Crippen LogP contribution in [0.15, 0.2) is 12.1 Å². The molecule has 22 heavy (non-hydrogen) atoms. The third kappa shape index (κ3) is 3.08. The Kier molecular flexibility index (Phi) is 4.32. The minimum Gasteiger partial charge on any atom is -0.491 e. The fourth-order valence-corrected chi connectivity index (χ4v) is 4.72. The number of ether oxygens (including phenoxy) is 1. The molecule has 3 atom stereocenters. The second-order valence-corrected chi connectivity index (χ2v) is 7.58. The molecule has 3 unspecified atom stereocenters. The number of halogens is 2. The molecular formula is C18H21ClFNO. The van der Waals surface area contributed by atoms with Gasteiger partial charge in [-0.2, -0.15) is 5.26 Å². The number of hydrogen-bond acceptors (Lipinski definition) is 2. The van der Waals surface area contributed by atoms with Crippen molar-refractivity contribution in [3.8, 4) is 11.8 Å². The lowest BCUT2D eigenvalue weighted by Gasteiger charge is -2.47. The average Bonchev–Trinajstić information content (AvgIpc) is 2.47. The van der Waals surface area contributed by atoms with Crippen LogP contribution in [-0.2, 0) is 0 Å². The van der Waals surface area contributed by atoms with Gasteiger partial charge in [-0.05, 0) is 43.6 Å². The standard InChI is InChI=1S/C18H21ClFNO/c1-12-5-13-3-2-4-18(8-12,9-13)11-22-17-7-16(20)14(10-21)6-15(17)19/h6-7,12-13H,2-5,8-9,11H2,1H3. The molecule has 0 radical (unpaired) electrons. The van der Waals surface area contributed by atoms with Crippen LogP contribution in [0.5, 0.6) is 5.75 Å². The molecule has 0 aromatic heterocycles. The number of hydrogen-bond donors (Lipinski definition) is 0. The first-order chi connectivity index (χ1) is 10.5. The summed E-state index contributed by atoms with van der Waals surface area (Å²) < 4.78 is 19.6. The molecule has 2 nitrogen and oxygen atoms in total. The molecule has 1 aromatic rings. The molecule has 0 N–H and O–H groups in total. The van der Waals surface area contributed by atoms with E-state index in [1.807, 2.05) is 0 Å². The number of fused-ring (bicyclic) bond motifs is 2. The summed E-state index contributed by atoms with van der Waals surface area (Å²) in [7, 11) is 0. The Morgan fingerprint density at radius 2 is 2.27 bits per heavy atom. The van der Waals surface area contributed by atoms with Gasteiger partial charge in [0, 0.05) is 11.5 Å². The number of benzene rings is 1. The summed E-state index contributed by atoms with van der Waals surface area (Å²) in [5.74, 6) is 1.33. The van der Waals surface area contributed by atoms with E-state index in [4.69, 9.17) is 21.6 Å². The van der Waals surface area contributed by atoms with Gasteiger partial charge in [0.15, 0.2) is 0 Å². The highest BCUT2D eigenvalue weighted by atomic mass is 35.5. The molecule has 3 rings (SSSR count). The second-order valence-electron chi connectivity index (χ2n) is 7.17. The van der Waals surface area contributed by atoms with Crippen LogP contribution in [-0.4, -0.2) is 6.61 Å². The zero-order chi connectivity index (χ0) is 15.7. The molecule has 2 aliphatic rings. The van der Waals surface area contributed by atoms with Crippen molar-refractivity contribution < 1.29 is 9.13 Å². The van der Waals surface area contributed by atoms with Crippen LogP contribution in [0.1, 0.15) is 51.0 Å². The maximum atomic E-state index is 13.7. The fourth-order valence-electron chi connectivity index (χ4n) is 4.51. The van der Waals surface area contributed by atoms with Crippen LogP contribution in [0.25, 0.3) is 0 Å². The Morgan fingerprint density at radius 1 is 1.45 bits per heavy atom. The van der Waals surface area contributed by atoms with Crippen molar-refractivity contribution in [3.05, 3.63) is 28.5 Å². The van der Waals surface area contributed by atoms with Crippen LogP contribution in [0, 0.1) is 34.4 Å². The van der Waals surface area contributed by atoms with Crippen molar-refractivity contribution in [2.75, 3.05) is 6.61 Å². The van der Waals surface area contributed by atoms with Crippen molar-refractivity contribution >= 4 is 11.6 Å². The van der Waals surface area contributed by atoms with Crippen molar-refractivity contribution in [1.82, 2.24) is 0 Å². The molecule has 0 heterocycles. The maximum Gasteiger partial charge on any atom is 0.144 e. The quantitative estimate of drug-likeness (QED) is 0.753. The predicted molar refractivity (Wildman–Crippen MR) is 84.4 cm³/mol. The molecule has 0 spiro atoms. The monoisotopic (exact) mass is 321 g/mol. The third-order valence-electron chi connectivity index (χ3n) is 5.23. The largest absolute Gasteiger partial charge is 0.491 e. The molecule has 0 amide bonds. The molecule has 4 heteroatoms. The lowest BCUT2D eigenvalue weighted by atomic mass is 9.59. The summed E-state index contributed by atoms with van der Waals surface area (Å²) in [4.78, 5) is 0. The molecule has 0 aliphatic heterocycles. The van der Waals surface area contributed by atoms with E-state index in [9.17, 15) is 4.39 Å². The van der Waals surface area contributed by atoms with Gasteiger partial charge in [-0.3, -0.25) is 0 Å². The Bertz CT molecular complexity index is 608. The highest BCUT2D eigenvalue weighted by molar-refractivity contribution is 6.32. The van der Waals surface area contributed by atoms with E-state index < -0.39 is 5.82 Å². The van der Waals surface area contributed by atoms with Crippen molar-refractivity contribution in [2.24, 2.45) is 17.3 Å². The average molecular weight is 322 g/mol. The first kappa shape index (κ1) is 15.6. The van der Waals surface area contributed by atoms with E-state index >= 15 is 0 Å². The van der Waals surface area contributed by atoms with Gasteiger partial charge in [-0.25, -0.2) is 4.39 Å². The topological polar surface area (TPSA) is 33.0 Å². The molecular weight excluding hydrogens is 301 g/mol. The van der Waals surface area contributed by atoms with Crippen LogP contribution in [0.4, 0.5) is 4.39 Å². The Balaban J connectivity index is 1.74. The van der Waals surface area contributed by atoms with Gasteiger partial charge in [0.05, 0.1) is 17.2 Å². The Labute approximate surface area is 136 Å². The van der Waals surface area contributed by atoms with Crippen LogP contribution in [0.3, 0.4) is 0 Å². The lowest BCUT2D eigenvalue weighted by molar-refractivity contribution is 0.00483. The van der Waals surface area contributed by atoms with E-state index in [0.29, 0.717) is 17.4 Å². The Morgan fingerprint density at radius 3 is 3.05 bits per heavy atom. The van der Waals surface area contributed by atoms with E-state index in [-0.39, 0.29) is 11.0 Å². The van der Waals surface area contributed by atoms with Crippen molar-refractivity contribution in [2.45, 2.75) is 45.4 Å². The summed E-state index contributed by atoms with van der Waals surface area (Å²) in [6.45, 7) is 2.92. The van der Waals surface area contributed by atoms with E-state index in [1.54, 1.807) is 6.07 Å². The summed E-state index contributed by atoms with van der Waals surface area (Å²) >= 11 is 6.11. The zero-order valence-electron chi connectivity index (χ0n) is 12.9. The molecule has 118 valence electrons. The Hall–Kier alpha value is -1.27. The molecule has 1 aromatic carbocycles. The van der Waals surface area contributed by atoms with Gasteiger partial charge in [-0.15, -0.1) is 0 Å². The van der Waals surface area contributed by atoms with Gasteiger partial charge >= 0.3 is 0 Å². The summed E-state index contributed by atoms with van der Waals surface area (Å²) in [5, 5.41) is 9.13. The van der Waals surface area contributed by atoms with Crippen molar-refractivity contribution in [1.29, 1.82) is 5.26 Å². The van der Waals surface area contributed by atoms with E-state index in [2.05, 4.69) is 6.92 Å². The van der Waals surface area contributed by atoms with Crippen LogP contribution >= 0.6 is 11.6 Å². The third-order valence-corrected chi connectivity index (χ3v) is 5.53. The van der Waals surface area contributed by atoms with Crippen LogP contribution < -0.4 is 4.74 Å². The normalized spacial score (nSPS) is 30.6. The molecule has 2 bridgehead atoms. The first-order valence-electron chi connectivity index (χ1n) is 8.03. The maximum absolute atomic E-state index is 13.7. The minimum absolute atomic E-state index is 0.0421. The molecule has 2 fully saturated rings. The molecule has 2 aliphatic carbocycles. The first-order valence-corrected chi connectivity index (χ1v) is 8.41. The second kappa shape index (κ2) is 6.08. The van der Waals surface area contributed by atoms with Gasteiger partial charge < -0.3 is 4.74 Å². The predicted octanol–water partition coefficient (Wildman–Crippen LogP) is 5.34. The van der Waals surface area contributed by atoms with Gasteiger partial charge in [0.2, 0.25) is 0 Å².